The minimum atomic E-state index is 0.757. The molecule has 4 heteroatoms. The molecule has 0 saturated carbocycles. The van der Waals surface area contributed by atoms with Crippen molar-refractivity contribution in [3.8, 4) is 11.5 Å². The third kappa shape index (κ3) is 5.50. The van der Waals surface area contributed by atoms with Crippen LogP contribution in [0.1, 0.15) is 31.7 Å². The van der Waals surface area contributed by atoms with Gasteiger partial charge in [-0.3, -0.25) is 0 Å². The van der Waals surface area contributed by atoms with Crippen LogP contribution in [0.2, 0.25) is 0 Å². The van der Waals surface area contributed by atoms with E-state index in [0.717, 1.165) is 63.7 Å². The zero-order valence-corrected chi connectivity index (χ0v) is 14.0. The Hall–Kier alpha value is -1.26. The lowest BCUT2D eigenvalue weighted by molar-refractivity contribution is -0.908. The van der Waals surface area contributed by atoms with E-state index in [1.807, 2.05) is 6.07 Å². The molecule has 1 N–H and O–H groups in total. The predicted octanol–water partition coefficient (Wildman–Crippen LogP) is 1.72. The van der Waals surface area contributed by atoms with Gasteiger partial charge in [-0.15, -0.1) is 0 Å². The number of benzene rings is 1. The molecule has 22 heavy (non-hydrogen) atoms. The van der Waals surface area contributed by atoms with Gasteiger partial charge in [-0.1, -0.05) is 19.4 Å². The lowest BCUT2D eigenvalue weighted by Crippen LogP contribution is -3.14. The predicted molar refractivity (Wildman–Crippen MR) is 88.1 cm³/mol. The highest BCUT2D eigenvalue weighted by Gasteiger charge is 2.12. The van der Waals surface area contributed by atoms with Gasteiger partial charge in [0.05, 0.1) is 33.5 Å². The third-order valence-electron chi connectivity index (χ3n) is 4.15. The smallest absolute Gasteiger partial charge is 0.161 e. The van der Waals surface area contributed by atoms with Crippen LogP contribution in [0.25, 0.3) is 0 Å². The molecule has 1 saturated heterocycles. The van der Waals surface area contributed by atoms with E-state index >= 15 is 0 Å². The minimum Gasteiger partial charge on any atom is -0.493 e. The van der Waals surface area contributed by atoms with Crippen molar-refractivity contribution in [2.75, 3.05) is 46.6 Å². The summed E-state index contributed by atoms with van der Waals surface area (Å²) in [4.78, 5) is 1.66. The van der Waals surface area contributed by atoms with Gasteiger partial charge in [-0.25, -0.2) is 0 Å². The Morgan fingerprint density at radius 2 is 1.95 bits per heavy atom. The molecule has 1 aromatic rings. The minimum absolute atomic E-state index is 0.757. The molecule has 0 bridgehead atoms. The maximum atomic E-state index is 5.89. The second kappa shape index (κ2) is 9.70. The summed E-state index contributed by atoms with van der Waals surface area (Å²) in [5, 5.41) is 0. The lowest BCUT2D eigenvalue weighted by Gasteiger charge is -2.23. The maximum Gasteiger partial charge on any atom is 0.161 e. The number of aryl methyl sites for hydroxylation is 1. The lowest BCUT2D eigenvalue weighted by atomic mass is 10.1. The van der Waals surface area contributed by atoms with Crippen LogP contribution in [-0.2, 0) is 11.2 Å². The molecular formula is C18H30NO3+. The van der Waals surface area contributed by atoms with Crippen molar-refractivity contribution in [2.24, 2.45) is 0 Å². The highest BCUT2D eigenvalue weighted by Crippen LogP contribution is 2.28. The number of nitrogens with one attached hydrogen (secondary N) is 1. The van der Waals surface area contributed by atoms with Crippen LogP contribution >= 0.6 is 0 Å². The number of ether oxygens (including phenoxy) is 3. The van der Waals surface area contributed by atoms with Crippen molar-refractivity contribution in [2.45, 2.75) is 32.6 Å². The van der Waals surface area contributed by atoms with Crippen LogP contribution in [0, 0.1) is 0 Å². The summed E-state index contributed by atoms with van der Waals surface area (Å²) in [5.74, 6) is 1.71. The van der Waals surface area contributed by atoms with E-state index in [2.05, 4.69) is 19.1 Å². The third-order valence-corrected chi connectivity index (χ3v) is 4.15. The Balaban J connectivity index is 1.69. The van der Waals surface area contributed by atoms with Crippen molar-refractivity contribution in [3.05, 3.63) is 23.8 Å². The molecule has 1 aliphatic rings. The van der Waals surface area contributed by atoms with Crippen LogP contribution in [0.15, 0.2) is 18.2 Å². The Labute approximate surface area is 134 Å². The Morgan fingerprint density at radius 1 is 1.14 bits per heavy atom. The highest BCUT2D eigenvalue weighted by molar-refractivity contribution is 5.43. The van der Waals surface area contributed by atoms with Crippen molar-refractivity contribution in [1.82, 2.24) is 0 Å². The normalized spacial score (nSPS) is 15.7. The number of hydrogen-bond acceptors (Lipinski definition) is 3. The number of rotatable bonds is 9. The summed E-state index contributed by atoms with van der Waals surface area (Å²) in [5.41, 5.74) is 1.31. The first-order valence-electron chi connectivity index (χ1n) is 8.54. The van der Waals surface area contributed by atoms with E-state index in [4.69, 9.17) is 14.2 Å². The fraction of sp³-hybridized carbons (Fsp3) is 0.667. The molecule has 1 aliphatic heterocycles. The molecule has 0 atom stereocenters. The van der Waals surface area contributed by atoms with E-state index in [0.29, 0.717) is 0 Å². The van der Waals surface area contributed by atoms with Crippen LogP contribution < -0.4 is 14.4 Å². The van der Waals surface area contributed by atoms with Crippen LogP contribution in [0.5, 0.6) is 11.5 Å². The quantitative estimate of drug-likeness (QED) is 0.705. The van der Waals surface area contributed by atoms with Gasteiger partial charge in [0.25, 0.3) is 0 Å². The van der Waals surface area contributed by atoms with Gasteiger partial charge >= 0.3 is 0 Å². The fourth-order valence-corrected chi connectivity index (χ4v) is 2.84. The Morgan fingerprint density at radius 3 is 2.68 bits per heavy atom. The van der Waals surface area contributed by atoms with Gasteiger partial charge in [-0.2, -0.15) is 0 Å². The van der Waals surface area contributed by atoms with Gasteiger partial charge in [0.1, 0.15) is 13.1 Å². The van der Waals surface area contributed by atoms with Crippen LogP contribution in [0.3, 0.4) is 0 Å². The van der Waals surface area contributed by atoms with Gasteiger partial charge in [-0.05, 0) is 37.0 Å². The van der Waals surface area contributed by atoms with Crippen LogP contribution in [-0.4, -0.2) is 46.6 Å². The molecule has 1 aromatic carbocycles. The summed E-state index contributed by atoms with van der Waals surface area (Å²) in [6.45, 7) is 8.28. The van der Waals surface area contributed by atoms with E-state index < -0.39 is 0 Å². The van der Waals surface area contributed by atoms with Crippen molar-refractivity contribution < 1.29 is 19.1 Å². The first-order chi connectivity index (χ1) is 10.8. The highest BCUT2D eigenvalue weighted by atomic mass is 16.5. The average Bonchev–Trinajstić information content (AvgIpc) is 2.56. The Bertz CT molecular complexity index is 430. The van der Waals surface area contributed by atoms with E-state index in [9.17, 15) is 0 Å². The van der Waals surface area contributed by atoms with Crippen molar-refractivity contribution in [3.63, 3.8) is 0 Å². The second-order valence-corrected chi connectivity index (χ2v) is 5.90. The largest absolute Gasteiger partial charge is 0.493 e. The molecule has 4 nitrogen and oxygen atoms in total. The number of quaternary nitrogens is 1. The number of hydrogen-bond donors (Lipinski definition) is 1. The van der Waals surface area contributed by atoms with Gasteiger partial charge in [0, 0.05) is 0 Å². The summed E-state index contributed by atoms with van der Waals surface area (Å²) < 4.78 is 16.7. The van der Waals surface area contributed by atoms with Gasteiger partial charge < -0.3 is 19.1 Å². The molecule has 0 amide bonds. The first kappa shape index (κ1) is 17.1. The number of methoxy groups -OCH3 is 1. The molecule has 124 valence electrons. The average molecular weight is 308 g/mol. The molecule has 1 heterocycles. The fourth-order valence-electron chi connectivity index (χ4n) is 2.84. The zero-order valence-electron chi connectivity index (χ0n) is 14.0. The van der Waals surface area contributed by atoms with Crippen LogP contribution in [0.4, 0.5) is 0 Å². The summed E-state index contributed by atoms with van der Waals surface area (Å²) in [6, 6.07) is 6.27. The molecule has 0 unspecified atom stereocenters. The molecule has 0 spiro atoms. The monoisotopic (exact) mass is 308 g/mol. The van der Waals surface area contributed by atoms with Gasteiger partial charge in [0.15, 0.2) is 11.5 Å². The zero-order chi connectivity index (χ0) is 15.6. The first-order valence-corrected chi connectivity index (χ1v) is 8.54. The van der Waals surface area contributed by atoms with E-state index in [1.165, 1.54) is 18.5 Å². The van der Waals surface area contributed by atoms with Crippen molar-refractivity contribution >= 4 is 0 Å². The number of morpholine rings is 1. The second-order valence-electron chi connectivity index (χ2n) is 5.90. The SMILES string of the molecule is CCCc1ccc(OCCCC[NH+]2CCOCC2)c(OC)c1. The number of unbranched alkanes of at least 4 members (excludes halogenated alkanes) is 1. The maximum absolute atomic E-state index is 5.89. The standard InChI is InChI=1S/C18H29NO3/c1-3-6-16-7-8-17(18(15-16)20-2)22-12-5-4-9-19-10-13-21-14-11-19/h7-8,15H,3-6,9-14H2,1-2H3/p+1. The molecule has 2 rings (SSSR count). The van der Waals surface area contributed by atoms with Crippen molar-refractivity contribution in [1.29, 1.82) is 0 Å². The summed E-state index contributed by atoms with van der Waals surface area (Å²) in [7, 11) is 1.71. The Kier molecular flexibility index (Phi) is 7.54. The van der Waals surface area contributed by atoms with E-state index in [-0.39, 0.29) is 0 Å². The van der Waals surface area contributed by atoms with E-state index in [1.54, 1.807) is 12.0 Å². The molecule has 0 aliphatic carbocycles. The van der Waals surface area contributed by atoms with Gasteiger partial charge in [0.2, 0.25) is 0 Å². The molecule has 0 radical (unpaired) electrons. The molecule has 0 aromatic heterocycles. The summed E-state index contributed by atoms with van der Waals surface area (Å²) in [6.07, 6.45) is 4.52. The topological polar surface area (TPSA) is 32.1 Å². The molecule has 1 fully saturated rings. The molecular weight excluding hydrogens is 278 g/mol. The summed E-state index contributed by atoms with van der Waals surface area (Å²) >= 11 is 0.